The maximum Gasteiger partial charge on any atom is 0.165 e. The van der Waals surface area contributed by atoms with E-state index in [9.17, 15) is 0 Å². The molecule has 3 aliphatic rings. The zero-order chi connectivity index (χ0) is 17.1. The van der Waals surface area contributed by atoms with Gasteiger partial charge in [0, 0.05) is 44.0 Å². The molecule has 1 aromatic carbocycles. The number of rotatable bonds is 4. The van der Waals surface area contributed by atoms with Crippen LogP contribution in [0.3, 0.4) is 0 Å². The molecule has 4 rings (SSSR count). The van der Waals surface area contributed by atoms with E-state index in [4.69, 9.17) is 23.7 Å². The lowest BCUT2D eigenvalue weighted by Gasteiger charge is -2.43. The standard InChI is InChI=1S/C19H27NO5/c1-21-16-11-18-17(23-8-9-24-18)10-14(16)13-20-15-2-5-25-19(12-15)3-6-22-7-4-19/h10-11,15,20H,2-9,12-13H2,1H3/t15-/m1/s1. The van der Waals surface area contributed by atoms with Gasteiger partial charge in [0.05, 0.1) is 12.7 Å². The van der Waals surface area contributed by atoms with Crippen LogP contribution >= 0.6 is 0 Å². The van der Waals surface area contributed by atoms with Crippen LogP contribution in [0.5, 0.6) is 17.2 Å². The summed E-state index contributed by atoms with van der Waals surface area (Å²) >= 11 is 0. The molecule has 1 spiro atoms. The minimum Gasteiger partial charge on any atom is -0.496 e. The molecule has 2 saturated heterocycles. The molecule has 6 nitrogen and oxygen atoms in total. The Labute approximate surface area is 148 Å². The number of ether oxygens (including phenoxy) is 5. The predicted molar refractivity (Wildman–Crippen MR) is 92.6 cm³/mol. The highest BCUT2D eigenvalue weighted by Crippen LogP contribution is 2.37. The number of methoxy groups -OCH3 is 1. The second-order valence-corrected chi connectivity index (χ2v) is 7.02. The topological polar surface area (TPSA) is 58.2 Å². The molecule has 0 aromatic heterocycles. The highest BCUT2D eigenvalue weighted by molar-refractivity contribution is 5.51. The fraction of sp³-hybridized carbons (Fsp3) is 0.684. The average molecular weight is 349 g/mol. The lowest BCUT2D eigenvalue weighted by atomic mass is 9.84. The van der Waals surface area contributed by atoms with Gasteiger partial charge in [0.1, 0.15) is 19.0 Å². The fourth-order valence-corrected chi connectivity index (χ4v) is 3.99. The highest BCUT2D eigenvalue weighted by atomic mass is 16.6. The van der Waals surface area contributed by atoms with Crippen molar-refractivity contribution in [1.29, 1.82) is 0 Å². The summed E-state index contributed by atoms with van der Waals surface area (Å²) in [6.07, 6.45) is 4.08. The van der Waals surface area contributed by atoms with Crippen molar-refractivity contribution in [3.8, 4) is 17.2 Å². The monoisotopic (exact) mass is 349 g/mol. The smallest absolute Gasteiger partial charge is 0.165 e. The Kier molecular flexibility index (Phi) is 5.01. The third-order valence-electron chi connectivity index (χ3n) is 5.42. The van der Waals surface area contributed by atoms with Crippen molar-refractivity contribution in [1.82, 2.24) is 5.32 Å². The third-order valence-corrected chi connectivity index (χ3v) is 5.42. The normalized spacial score (nSPS) is 24.9. The van der Waals surface area contributed by atoms with E-state index in [2.05, 4.69) is 5.32 Å². The van der Waals surface area contributed by atoms with Crippen LogP contribution < -0.4 is 19.5 Å². The highest BCUT2D eigenvalue weighted by Gasteiger charge is 2.38. The molecule has 6 heteroatoms. The molecule has 138 valence electrons. The number of hydrogen-bond acceptors (Lipinski definition) is 6. The van der Waals surface area contributed by atoms with Gasteiger partial charge >= 0.3 is 0 Å². The van der Waals surface area contributed by atoms with Crippen LogP contribution in [0.1, 0.15) is 31.2 Å². The lowest BCUT2D eigenvalue weighted by Crippen LogP contribution is -2.49. The molecule has 3 heterocycles. The van der Waals surface area contributed by atoms with Crippen molar-refractivity contribution in [3.05, 3.63) is 17.7 Å². The molecule has 0 radical (unpaired) electrons. The Hall–Kier alpha value is -1.50. The molecular formula is C19H27NO5. The number of fused-ring (bicyclic) bond motifs is 1. The van der Waals surface area contributed by atoms with E-state index in [1.54, 1.807) is 7.11 Å². The summed E-state index contributed by atoms with van der Waals surface area (Å²) in [5.74, 6) is 2.40. The second kappa shape index (κ2) is 7.40. The van der Waals surface area contributed by atoms with Crippen LogP contribution in [-0.2, 0) is 16.0 Å². The number of nitrogens with one attached hydrogen (secondary N) is 1. The largest absolute Gasteiger partial charge is 0.496 e. The zero-order valence-electron chi connectivity index (χ0n) is 14.8. The first kappa shape index (κ1) is 16.9. The van der Waals surface area contributed by atoms with Gasteiger partial charge in [-0.3, -0.25) is 0 Å². The van der Waals surface area contributed by atoms with Gasteiger partial charge in [-0.05, 0) is 31.7 Å². The Morgan fingerprint density at radius 1 is 1.08 bits per heavy atom. The Bertz CT molecular complexity index is 594. The van der Waals surface area contributed by atoms with Gasteiger partial charge in [-0.2, -0.15) is 0 Å². The summed E-state index contributed by atoms with van der Waals surface area (Å²) in [5.41, 5.74) is 1.10. The lowest BCUT2D eigenvalue weighted by molar-refractivity contribution is -0.140. The molecule has 2 fully saturated rings. The molecule has 0 amide bonds. The average Bonchev–Trinajstić information content (AvgIpc) is 2.66. The summed E-state index contributed by atoms with van der Waals surface area (Å²) in [5, 5.41) is 3.69. The van der Waals surface area contributed by atoms with Crippen molar-refractivity contribution >= 4 is 0 Å². The van der Waals surface area contributed by atoms with Crippen LogP contribution in [0.25, 0.3) is 0 Å². The summed E-state index contributed by atoms with van der Waals surface area (Å²) in [6.45, 7) is 4.36. The minimum absolute atomic E-state index is 0.00502. The van der Waals surface area contributed by atoms with Crippen molar-refractivity contribution in [2.45, 2.75) is 43.9 Å². The predicted octanol–water partition coefficient (Wildman–Crippen LogP) is 2.28. The second-order valence-electron chi connectivity index (χ2n) is 7.02. The zero-order valence-corrected chi connectivity index (χ0v) is 14.8. The van der Waals surface area contributed by atoms with E-state index in [-0.39, 0.29) is 5.60 Å². The molecule has 25 heavy (non-hydrogen) atoms. The molecular weight excluding hydrogens is 322 g/mol. The minimum atomic E-state index is 0.00502. The first-order valence-electron chi connectivity index (χ1n) is 9.20. The molecule has 0 aliphatic carbocycles. The number of benzene rings is 1. The van der Waals surface area contributed by atoms with Crippen LogP contribution in [0, 0.1) is 0 Å². The van der Waals surface area contributed by atoms with E-state index in [1.807, 2.05) is 12.1 Å². The Balaban J connectivity index is 1.42. The maximum absolute atomic E-state index is 6.13. The van der Waals surface area contributed by atoms with Gasteiger partial charge in [-0.25, -0.2) is 0 Å². The maximum atomic E-state index is 6.13. The van der Waals surface area contributed by atoms with Crippen LogP contribution in [-0.4, -0.2) is 51.8 Å². The van der Waals surface area contributed by atoms with Gasteiger partial charge in [-0.1, -0.05) is 0 Å². The fourth-order valence-electron chi connectivity index (χ4n) is 3.99. The van der Waals surface area contributed by atoms with Crippen LogP contribution in [0.2, 0.25) is 0 Å². The first-order chi connectivity index (χ1) is 12.3. The molecule has 3 aliphatic heterocycles. The van der Waals surface area contributed by atoms with Crippen molar-refractivity contribution < 1.29 is 23.7 Å². The first-order valence-corrected chi connectivity index (χ1v) is 9.20. The van der Waals surface area contributed by atoms with Crippen LogP contribution in [0.15, 0.2) is 12.1 Å². The SMILES string of the molecule is COc1cc2c(cc1CN[C@@H]1CCOC3(CCOCC3)C1)OCCO2. The Morgan fingerprint density at radius 3 is 2.60 bits per heavy atom. The summed E-state index contributed by atoms with van der Waals surface area (Å²) in [4.78, 5) is 0. The van der Waals surface area contributed by atoms with Crippen LogP contribution in [0.4, 0.5) is 0 Å². The summed E-state index contributed by atoms with van der Waals surface area (Å²) in [7, 11) is 1.69. The van der Waals surface area contributed by atoms with E-state index in [0.717, 1.165) is 74.9 Å². The summed E-state index contributed by atoms with van der Waals surface area (Å²) < 4.78 is 28.5. The van der Waals surface area contributed by atoms with Crippen molar-refractivity contribution in [2.24, 2.45) is 0 Å². The molecule has 0 saturated carbocycles. The molecule has 0 bridgehead atoms. The number of hydrogen-bond donors (Lipinski definition) is 1. The van der Waals surface area contributed by atoms with E-state index < -0.39 is 0 Å². The Morgan fingerprint density at radius 2 is 1.84 bits per heavy atom. The van der Waals surface area contributed by atoms with Gasteiger partial charge in [0.2, 0.25) is 0 Å². The third kappa shape index (κ3) is 3.71. The van der Waals surface area contributed by atoms with E-state index in [0.29, 0.717) is 19.3 Å². The van der Waals surface area contributed by atoms with Gasteiger partial charge in [0.15, 0.2) is 11.5 Å². The molecule has 1 atom stereocenters. The van der Waals surface area contributed by atoms with E-state index in [1.165, 1.54) is 0 Å². The molecule has 1 N–H and O–H groups in total. The van der Waals surface area contributed by atoms with Crippen molar-refractivity contribution in [3.63, 3.8) is 0 Å². The molecule has 0 unspecified atom stereocenters. The summed E-state index contributed by atoms with van der Waals surface area (Å²) in [6, 6.07) is 4.41. The van der Waals surface area contributed by atoms with Gasteiger partial charge in [0.25, 0.3) is 0 Å². The van der Waals surface area contributed by atoms with E-state index >= 15 is 0 Å². The van der Waals surface area contributed by atoms with Crippen molar-refractivity contribution in [2.75, 3.05) is 40.1 Å². The van der Waals surface area contributed by atoms with Gasteiger partial charge in [-0.15, -0.1) is 0 Å². The van der Waals surface area contributed by atoms with Gasteiger partial charge < -0.3 is 29.0 Å². The molecule has 1 aromatic rings. The quantitative estimate of drug-likeness (QED) is 0.900.